The average Bonchev–Trinajstić information content (AvgIpc) is 2.76. The molecule has 0 aliphatic rings. The molecule has 0 rings (SSSR count). The lowest BCUT2D eigenvalue weighted by molar-refractivity contribution is -0.122. The number of unbranched alkanes of at least 4 members (excludes halogenated alkanes) is 12. The van der Waals surface area contributed by atoms with Crippen molar-refractivity contribution in [3.8, 4) is 0 Å². The van der Waals surface area contributed by atoms with Gasteiger partial charge in [0.15, 0.2) is 0 Å². The van der Waals surface area contributed by atoms with Crippen LogP contribution in [0.25, 0.3) is 0 Å². The van der Waals surface area contributed by atoms with Crippen molar-refractivity contribution in [1.29, 1.82) is 0 Å². The van der Waals surface area contributed by atoms with Crippen LogP contribution in [0.2, 0.25) is 0 Å². The van der Waals surface area contributed by atoms with Gasteiger partial charge in [-0.2, -0.15) is 11.8 Å². The topological polar surface area (TPSA) is 115 Å². The summed E-state index contributed by atoms with van der Waals surface area (Å²) < 4.78 is 32.6. The Hall–Kier alpha value is -1.06. The van der Waals surface area contributed by atoms with E-state index in [9.17, 15) is 22.6 Å². The summed E-state index contributed by atoms with van der Waals surface area (Å²) in [5.41, 5.74) is -1.11. The largest absolute Gasteiger partial charge is 0.748 e. The molecular formula is C27H51N2O5S2-. The normalized spacial score (nSPS) is 12.2. The molecule has 0 atom stereocenters. The molecule has 0 spiro atoms. The highest BCUT2D eigenvalue weighted by Crippen LogP contribution is 2.10. The lowest BCUT2D eigenvalue weighted by Crippen LogP contribution is -2.48. The minimum absolute atomic E-state index is 0.0362. The first kappa shape index (κ1) is 34.9. The summed E-state index contributed by atoms with van der Waals surface area (Å²) in [6.45, 7) is 5.93. The SMILES string of the molecule is CCCCCCCC/C=C\CCCCCCCCNC(=O)CSCCC(=O)NC(C)(C)CS(=O)(=O)[O-]. The molecule has 36 heavy (non-hydrogen) atoms. The zero-order valence-corrected chi connectivity index (χ0v) is 24.6. The van der Waals surface area contributed by atoms with E-state index in [2.05, 4.69) is 29.7 Å². The Morgan fingerprint density at radius 3 is 1.92 bits per heavy atom. The van der Waals surface area contributed by atoms with Gasteiger partial charge < -0.3 is 15.2 Å². The number of nitrogens with one attached hydrogen (secondary N) is 2. The Labute approximate surface area is 225 Å². The fourth-order valence-electron chi connectivity index (χ4n) is 3.90. The van der Waals surface area contributed by atoms with Gasteiger partial charge in [0.2, 0.25) is 11.8 Å². The number of hydrogen-bond donors (Lipinski definition) is 2. The fourth-order valence-corrected chi connectivity index (χ4v) is 5.62. The zero-order chi connectivity index (χ0) is 27.1. The highest BCUT2D eigenvalue weighted by molar-refractivity contribution is 7.99. The number of carbonyl (C=O) groups is 2. The number of carbonyl (C=O) groups excluding carboxylic acids is 2. The first-order chi connectivity index (χ1) is 17.1. The summed E-state index contributed by atoms with van der Waals surface area (Å²) in [5, 5.41) is 5.47. The molecule has 0 aliphatic carbocycles. The second-order valence-corrected chi connectivity index (χ2v) is 12.7. The van der Waals surface area contributed by atoms with Crippen molar-refractivity contribution < 1.29 is 22.6 Å². The van der Waals surface area contributed by atoms with E-state index in [1.165, 1.54) is 103 Å². The van der Waals surface area contributed by atoms with Crippen LogP contribution >= 0.6 is 11.8 Å². The molecule has 0 fully saturated rings. The summed E-state index contributed by atoms with van der Waals surface area (Å²) in [4.78, 5) is 23.8. The summed E-state index contributed by atoms with van der Waals surface area (Å²) in [7, 11) is -4.42. The molecule has 2 amide bonds. The minimum Gasteiger partial charge on any atom is -0.748 e. The standard InChI is InChI=1S/C27H52N2O5S2/c1-4-5-6-7-8-9-10-11-12-13-14-15-16-17-18-19-21-28-26(31)23-35-22-20-25(30)29-27(2,3)24-36(32,33)34/h11-12H,4-10,13-24H2,1-3H3,(H,28,31)(H,29,30)(H,32,33,34)/p-1/b12-11-. The van der Waals surface area contributed by atoms with Crippen LogP contribution in [0.1, 0.15) is 117 Å². The van der Waals surface area contributed by atoms with E-state index in [1.54, 1.807) is 0 Å². The Kier molecular flexibility index (Phi) is 21.3. The van der Waals surface area contributed by atoms with Gasteiger partial charge in [-0.25, -0.2) is 8.42 Å². The lowest BCUT2D eigenvalue weighted by Gasteiger charge is -2.27. The molecule has 0 aliphatic heterocycles. The summed E-state index contributed by atoms with van der Waals surface area (Å²) in [6.07, 6.45) is 22.5. The number of hydrogen-bond acceptors (Lipinski definition) is 6. The molecule has 0 saturated carbocycles. The monoisotopic (exact) mass is 547 g/mol. The van der Waals surface area contributed by atoms with Crippen molar-refractivity contribution in [3.05, 3.63) is 12.2 Å². The quantitative estimate of drug-likeness (QED) is 0.0909. The lowest BCUT2D eigenvalue weighted by atomic mass is 10.1. The van der Waals surface area contributed by atoms with Gasteiger partial charge in [0, 0.05) is 24.3 Å². The second kappa shape index (κ2) is 22.0. The Morgan fingerprint density at radius 1 is 0.833 bits per heavy atom. The first-order valence-corrected chi connectivity index (χ1v) is 16.5. The van der Waals surface area contributed by atoms with Gasteiger partial charge >= 0.3 is 0 Å². The van der Waals surface area contributed by atoms with Crippen LogP contribution in [0, 0.1) is 0 Å². The van der Waals surface area contributed by atoms with Crippen LogP contribution in [0.3, 0.4) is 0 Å². The van der Waals surface area contributed by atoms with Crippen molar-refractivity contribution in [2.45, 2.75) is 123 Å². The van der Waals surface area contributed by atoms with Crippen LogP contribution in [0.15, 0.2) is 12.2 Å². The highest BCUT2D eigenvalue weighted by Gasteiger charge is 2.23. The smallest absolute Gasteiger partial charge is 0.229 e. The van der Waals surface area contributed by atoms with E-state index in [0.29, 0.717) is 12.3 Å². The van der Waals surface area contributed by atoms with Crippen LogP contribution in [0.5, 0.6) is 0 Å². The zero-order valence-electron chi connectivity index (χ0n) is 22.9. The van der Waals surface area contributed by atoms with E-state index in [4.69, 9.17) is 0 Å². The van der Waals surface area contributed by atoms with E-state index >= 15 is 0 Å². The van der Waals surface area contributed by atoms with Gasteiger partial charge in [-0.3, -0.25) is 9.59 Å². The minimum atomic E-state index is -4.42. The van der Waals surface area contributed by atoms with Gasteiger partial charge in [-0.05, 0) is 46.0 Å². The van der Waals surface area contributed by atoms with E-state index in [1.807, 2.05) is 0 Å². The van der Waals surface area contributed by atoms with Crippen LogP contribution in [-0.4, -0.2) is 54.1 Å². The molecular weight excluding hydrogens is 496 g/mol. The molecule has 212 valence electrons. The maximum absolute atomic E-state index is 11.9. The van der Waals surface area contributed by atoms with Crippen LogP contribution in [-0.2, 0) is 19.7 Å². The van der Waals surface area contributed by atoms with Gasteiger partial charge in [0.25, 0.3) is 0 Å². The van der Waals surface area contributed by atoms with Gasteiger partial charge in [-0.1, -0.05) is 76.9 Å². The molecule has 0 heterocycles. The van der Waals surface area contributed by atoms with Crippen molar-refractivity contribution in [1.82, 2.24) is 10.6 Å². The summed E-state index contributed by atoms with van der Waals surface area (Å²) in [6, 6.07) is 0. The number of amides is 2. The van der Waals surface area contributed by atoms with Crippen LogP contribution in [0.4, 0.5) is 0 Å². The number of rotatable bonds is 24. The maximum Gasteiger partial charge on any atom is 0.229 e. The maximum atomic E-state index is 11.9. The Morgan fingerprint density at radius 2 is 1.36 bits per heavy atom. The van der Waals surface area contributed by atoms with E-state index in [-0.39, 0.29) is 24.0 Å². The predicted molar refractivity (Wildman–Crippen MR) is 151 cm³/mol. The average molecular weight is 548 g/mol. The molecule has 0 aromatic heterocycles. The van der Waals surface area contributed by atoms with Gasteiger partial charge in [0.05, 0.1) is 21.6 Å². The molecule has 0 bridgehead atoms. The first-order valence-electron chi connectivity index (χ1n) is 13.8. The summed E-state index contributed by atoms with van der Waals surface area (Å²) in [5.74, 6) is -0.282. The summed E-state index contributed by atoms with van der Waals surface area (Å²) >= 11 is 1.36. The molecule has 0 radical (unpaired) electrons. The molecule has 0 saturated heterocycles. The van der Waals surface area contributed by atoms with Crippen molar-refractivity contribution in [2.75, 3.05) is 23.8 Å². The highest BCUT2D eigenvalue weighted by atomic mass is 32.2. The molecule has 7 nitrogen and oxygen atoms in total. The third kappa shape index (κ3) is 26.0. The molecule has 2 N–H and O–H groups in total. The van der Waals surface area contributed by atoms with Gasteiger partial charge in [0.1, 0.15) is 0 Å². The van der Waals surface area contributed by atoms with Crippen LogP contribution < -0.4 is 10.6 Å². The molecule has 0 unspecified atom stereocenters. The van der Waals surface area contributed by atoms with Crippen molar-refractivity contribution in [2.24, 2.45) is 0 Å². The Balaban J connectivity index is 3.50. The molecule has 9 heteroatoms. The number of thioether (sulfide) groups is 1. The van der Waals surface area contributed by atoms with E-state index in [0.717, 1.165) is 12.8 Å². The molecule has 0 aromatic carbocycles. The molecule has 0 aromatic rings. The second-order valence-electron chi connectivity index (χ2n) is 10.2. The fraction of sp³-hybridized carbons (Fsp3) is 0.852. The van der Waals surface area contributed by atoms with Crippen molar-refractivity contribution in [3.63, 3.8) is 0 Å². The Bertz CT molecular complexity index is 709. The third-order valence-electron chi connectivity index (χ3n) is 5.73. The third-order valence-corrected chi connectivity index (χ3v) is 7.77. The predicted octanol–water partition coefficient (Wildman–Crippen LogP) is 5.70. The van der Waals surface area contributed by atoms with E-state index < -0.39 is 21.4 Å². The van der Waals surface area contributed by atoms with Crippen molar-refractivity contribution >= 4 is 33.7 Å². The van der Waals surface area contributed by atoms with Gasteiger partial charge in [-0.15, -0.1) is 0 Å². The number of allylic oxidation sites excluding steroid dienone is 2.